The second kappa shape index (κ2) is 3.90. The van der Waals surface area contributed by atoms with Gasteiger partial charge in [-0.25, -0.2) is 0 Å². The van der Waals surface area contributed by atoms with Crippen molar-refractivity contribution in [1.82, 2.24) is 4.81 Å². The molecule has 0 amide bonds. The van der Waals surface area contributed by atoms with E-state index in [-0.39, 0.29) is 18.3 Å². The number of hydrogen-bond acceptors (Lipinski definition) is 3. The molecule has 0 N–H and O–H groups in total. The molecule has 5 heteroatoms. The number of hydrogen-bond donors (Lipinski definition) is 0. The zero-order chi connectivity index (χ0) is 12.0. The lowest BCUT2D eigenvalue weighted by atomic mass is 9.74. The van der Waals surface area contributed by atoms with E-state index in [1.807, 2.05) is 0 Å². The van der Waals surface area contributed by atoms with Crippen molar-refractivity contribution in [3.63, 3.8) is 0 Å². The first-order chi connectivity index (χ1) is 7.32. The molecular formula is C11H19B2NO2. The summed E-state index contributed by atoms with van der Waals surface area (Å²) in [5, 5.41) is 0. The van der Waals surface area contributed by atoms with Gasteiger partial charge in [-0.05, 0) is 46.1 Å². The Labute approximate surface area is 99.7 Å². The maximum Gasteiger partial charge on any atom is 0.490 e. The van der Waals surface area contributed by atoms with Gasteiger partial charge in [0, 0.05) is 6.54 Å². The molecule has 86 valence electrons. The van der Waals surface area contributed by atoms with Crippen molar-refractivity contribution < 1.29 is 9.31 Å². The predicted octanol–water partition coefficient (Wildman–Crippen LogP) is 1.33. The molecule has 2 rings (SSSR count). The van der Waals surface area contributed by atoms with Crippen molar-refractivity contribution in [2.45, 2.75) is 45.3 Å². The van der Waals surface area contributed by atoms with Crippen LogP contribution in [-0.2, 0) is 9.31 Å². The van der Waals surface area contributed by atoms with Gasteiger partial charge in [0.05, 0.1) is 11.2 Å². The zero-order valence-electron chi connectivity index (χ0n) is 10.6. The SMILES string of the molecule is [B]N1CC=C(B2OC(C)(C)C(C)(C)O2)CC1. The number of rotatable bonds is 1. The van der Waals surface area contributed by atoms with Crippen molar-refractivity contribution in [2.24, 2.45) is 0 Å². The van der Waals surface area contributed by atoms with E-state index in [4.69, 9.17) is 17.3 Å². The topological polar surface area (TPSA) is 21.7 Å². The summed E-state index contributed by atoms with van der Waals surface area (Å²) in [5.74, 6) is 0. The van der Waals surface area contributed by atoms with Crippen LogP contribution < -0.4 is 0 Å². The quantitative estimate of drug-likeness (QED) is 0.621. The monoisotopic (exact) mass is 219 g/mol. The average Bonchev–Trinajstić information content (AvgIpc) is 2.37. The predicted molar refractivity (Wildman–Crippen MR) is 66.1 cm³/mol. The Morgan fingerprint density at radius 3 is 2.25 bits per heavy atom. The second-order valence-corrected chi connectivity index (χ2v) is 5.61. The highest BCUT2D eigenvalue weighted by Crippen LogP contribution is 2.39. The molecule has 0 spiro atoms. The lowest BCUT2D eigenvalue weighted by molar-refractivity contribution is 0.00578. The maximum absolute atomic E-state index is 5.99. The molecule has 2 aliphatic rings. The van der Waals surface area contributed by atoms with E-state index in [1.165, 1.54) is 5.47 Å². The van der Waals surface area contributed by atoms with Crippen LogP contribution in [0.15, 0.2) is 11.5 Å². The molecule has 2 radical (unpaired) electrons. The molecule has 0 bridgehead atoms. The third-order valence-electron chi connectivity index (χ3n) is 3.83. The van der Waals surface area contributed by atoms with Gasteiger partial charge in [-0.2, -0.15) is 0 Å². The molecule has 0 aliphatic carbocycles. The van der Waals surface area contributed by atoms with Crippen molar-refractivity contribution in [3.8, 4) is 0 Å². The Balaban J connectivity index is 2.09. The van der Waals surface area contributed by atoms with Crippen LogP contribution in [0.5, 0.6) is 0 Å². The molecule has 1 saturated heterocycles. The first kappa shape index (κ1) is 12.2. The summed E-state index contributed by atoms with van der Waals surface area (Å²) >= 11 is 0. The molecule has 2 aliphatic heterocycles. The normalized spacial score (nSPS) is 29.2. The molecule has 16 heavy (non-hydrogen) atoms. The fourth-order valence-electron chi connectivity index (χ4n) is 1.91. The summed E-state index contributed by atoms with van der Waals surface area (Å²) in [7, 11) is 5.51. The van der Waals surface area contributed by atoms with E-state index < -0.39 is 0 Å². The summed E-state index contributed by atoms with van der Waals surface area (Å²) in [4.78, 5) is 1.80. The molecule has 0 aromatic rings. The standard InChI is InChI=1S/C11H19B2NO2/c1-10(2)11(3,4)16-13(15-10)9-5-7-14(12)8-6-9/h5H,6-8H2,1-4H3. The van der Waals surface area contributed by atoms with Crippen molar-refractivity contribution in [2.75, 3.05) is 13.1 Å². The van der Waals surface area contributed by atoms with Crippen LogP contribution in [0.4, 0.5) is 0 Å². The van der Waals surface area contributed by atoms with Crippen molar-refractivity contribution in [1.29, 1.82) is 0 Å². The van der Waals surface area contributed by atoms with Gasteiger partial charge in [-0.1, -0.05) is 6.08 Å². The van der Waals surface area contributed by atoms with Gasteiger partial charge < -0.3 is 14.1 Å². The fraction of sp³-hybridized carbons (Fsp3) is 0.818. The Kier molecular flexibility index (Phi) is 2.97. The van der Waals surface area contributed by atoms with Crippen LogP contribution in [0, 0.1) is 0 Å². The van der Waals surface area contributed by atoms with E-state index in [9.17, 15) is 0 Å². The average molecular weight is 219 g/mol. The largest absolute Gasteiger partial charge is 0.490 e. The van der Waals surface area contributed by atoms with Gasteiger partial charge >= 0.3 is 7.12 Å². The summed E-state index contributed by atoms with van der Waals surface area (Å²) in [6.07, 6.45) is 3.04. The van der Waals surface area contributed by atoms with Gasteiger partial charge in [0.15, 0.2) is 7.98 Å². The third-order valence-corrected chi connectivity index (χ3v) is 3.83. The van der Waals surface area contributed by atoms with Crippen LogP contribution in [0.3, 0.4) is 0 Å². The highest BCUT2D eigenvalue weighted by Gasteiger charge is 2.52. The summed E-state index contributed by atoms with van der Waals surface area (Å²) in [5.41, 5.74) is 0.719. The Hall–Kier alpha value is -0.250. The van der Waals surface area contributed by atoms with E-state index in [2.05, 4.69) is 33.8 Å². The second-order valence-electron chi connectivity index (χ2n) is 5.61. The van der Waals surface area contributed by atoms with Gasteiger partial charge in [-0.3, -0.25) is 0 Å². The molecule has 0 unspecified atom stereocenters. The molecule has 0 aromatic heterocycles. The minimum absolute atomic E-state index is 0.196. The maximum atomic E-state index is 5.99. The van der Waals surface area contributed by atoms with E-state index in [0.29, 0.717) is 0 Å². The van der Waals surface area contributed by atoms with Crippen molar-refractivity contribution in [3.05, 3.63) is 11.5 Å². The van der Waals surface area contributed by atoms with Gasteiger partial charge in [0.2, 0.25) is 0 Å². The molecule has 2 heterocycles. The summed E-state index contributed by atoms with van der Waals surface area (Å²) in [6, 6.07) is 0. The first-order valence-corrected chi connectivity index (χ1v) is 5.86. The minimum Gasteiger partial charge on any atom is -0.400 e. The van der Waals surface area contributed by atoms with E-state index in [0.717, 1.165) is 19.5 Å². The van der Waals surface area contributed by atoms with E-state index in [1.54, 1.807) is 4.81 Å². The zero-order valence-corrected chi connectivity index (χ0v) is 10.6. The smallest absolute Gasteiger partial charge is 0.400 e. The van der Waals surface area contributed by atoms with Crippen LogP contribution in [0.1, 0.15) is 34.1 Å². The molecule has 0 aromatic carbocycles. The van der Waals surface area contributed by atoms with Crippen molar-refractivity contribution >= 4 is 15.1 Å². The molecule has 0 atom stereocenters. The summed E-state index contributed by atoms with van der Waals surface area (Å²) < 4.78 is 12.0. The van der Waals surface area contributed by atoms with E-state index >= 15 is 0 Å². The van der Waals surface area contributed by atoms with Crippen LogP contribution in [0.25, 0.3) is 0 Å². The molecule has 0 saturated carbocycles. The first-order valence-electron chi connectivity index (χ1n) is 5.86. The van der Waals surface area contributed by atoms with Gasteiger partial charge in [0.1, 0.15) is 0 Å². The molecule has 3 nitrogen and oxygen atoms in total. The lowest BCUT2D eigenvalue weighted by Crippen LogP contribution is -2.41. The minimum atomic E-state index is -0.252. The Bertz CT molecular complexity index is 299. The Morgan fingerprint density at radius 2 is 1.81 bits per heavy atom. The highest BCUT2D eigenvalue weighted by molar-refractivity contribution is 6.54. The fourth-order valence-corrected chi connectivity index (χ4v) is 1.91. The van der Waals surface area contributed by atoms with Gasteiger partial charge in [-0.15, -0.1) is 0 Å². The lowest BCUT2D eigenvalue weighted by Gasteiger charge is -2.32. The Morgan fingerprint density at radius 1 is 1.25 bits per heavy atom. The van der Waals surface area contributed by atoms with Crippen LogP contribution >= 0.6 is 0 Å². The molecule has 1 fully saturated rings. The highest BCUT2D eigenvalue weighted by atomic mass is 16.7. The molecular weight excluding hydrogens is 200 g/mol. The van der Waals surface area contributed by atoms with Gasteiger partial charge in [0.25, 0.3) is 0 Å². The van der Waals surface area contributed by atoms with Crippen LogP contribution in [-0.4, -0.2) is 44.2 Å². The number of nitrogens with zero attached hydrogens (tertiary/aromatic N) is 1. The van der Waals surface area contributed by atoms with Crippen LogP contribution in [0.2, 0.25) is 0 Å². The third kappa shape index (κ3) is 2.08. The summed E-state index contributed by atoms with van der Waals surface area (Å²) in [6.45, 7) is 9.95.